The predicted octanol–water partition coefficient (Wildman–Crippen LogP) is 2.61. The van der Waals surface area contributed by atoms with Crippen LogP contribution in [0, 0.1) is 17.6 Å². The van der Waals surface area contributed by atoms with Gasteiger partial charge in [0, 0.05) is 11.8 Å². The molecule has 0 saturated heterocycles. The van der Waals surface area contributed by atoms with E-state index in [0.29, 0.717) is 6.42 Å². The molecule has 0 saturated carbocycles. The van der Waals surface area contributed by atoms with Crippen molar-refractivity contribution in [2.75, 3.05) is 5.32 Å². The number of amides is 1. The average Bonchev–Trinajstić information content (AvgIpc) is 2.30. The van der Waals surface area contributed by atoms with Crippen molar-refractivity contribution in [2.45, 2.75) is 19.8 Å². The number of carbonyl (C=O) groups is 1. The normalized spacial score (nSPS) is 11.9. The second kappa shape index (κ2) is 6.39. The van der Waals surface area contributed by atoms with E-state index in [4.69, 9.17) is 18.0 Å². The Morgan fingerprint density at radius 2 is 2.11 bits per heavy atom. The van der Waals surface area contributed by atoms with Crippen LogP contribution in [0.15, 0.2) is 18.2 Å². The van der Waals surface area contributed by atoms with Crippen LogP contribution in [0.1, 0.15) is 19.8 Å². The first-order chi connectivity index (χ1) is 8.45. The standard InChI is InChI=1S/C12H14F2N2OS/c1-2-3-8(11(15)18)12(17)16-7-4-5-9(13)10(14)6-7/h4-6,8H,2-3H2,1H3,(H2,15,18)(H,16,17). The van der Waals surface area contributed by atoms with E-state index in [-0.39, 0.29) is 10.7 Å². The van der Waals surface area contributed by atoms with Gasteiger partial charge >= 0.3 is 0 Å². The molecule has 0 fully saturated rings. The first-order valence-electron chi connectivity index (χ1n) is 5.51. The summed E-state index contributed by atoms with van der Waals surface area (Å²) in [6.45, 7) is 1.90. The first kappa shape index (κ1) is 14.5. The lowest BCUT2D eigenvalue weighted by Crippen LogP contribution is -2.33. The van der Waals surface area contributed by atoms with Crippen LogP contribution >= 0.6 is 12.2 Å². The molecule has 3 nitrogen and oxygen atoms in total. The van der Waals surface area contributed by atoms with Gasteiger partial charge in [0.05, 0.1) is 10.9 Å². The number of rotatable bonds is 5. The molecule has 98 valence electrons. The number of halogens is 2. The summed E-state index contributed by atoms with van der Waals surface area (Å²) >= 11 is 4.80. The van der Waals surface area contributed by atoms with Crippen molar-refractivity contribution in [3.8, 4) is 0 Å². The van der Waals surface area contributed by atoms with Crippen molar-refractivity contribution >= 4 is 28.8 Å². The number of nitrogens with two attached hydrogens (primary N) is 1. The van der Waals surface area contributed by atoms with Crippen LogP contribution in [0.4, 0.5) is 14.5 Å². The van der Waals surface area contributed by atoms with E-state index >= 15 is 0 Å². The molecule has 0 spiro atoms. The number of nitrogens with one attached hydrogen (secondary N) is 1. The van der Waals surface area contributed by atoms with Crippen LogP contribution in [0.5, 0.6) is 0 Å². The van der Waals surface area contributed by atoms with Gasteiger partial charge in [-0.3, -0.25) is 4.79 Å². The van der Waals surface area contributed by atoms with Gasteiger partial charge in [0.2, 0.25) is 5.91 Å². The smallest absolute Gasteiger partial charge is 0.234 e. The molecule has 0 radical (unpaired) electrons. The van der Waals surface area contributed by atoms with Crippen molar-refractivity contribution in [3.05, 3.63) is 29.8 Å². The Balaban J connectivity index is 2.79. The number of anilines is 1. The van der Waals surface area contributed by atoms with Crippen LogP contribution in [0.2, 0.25) is 0 Å². The highest BCUT2D eigenvalue weighted by Crippen LogP contribution is 2.16. The fraction of sp³-hybridized carbons (Fsp3) is 0.333. The summed E-state index contributed by atoms with van der Waals surface area (Å²) in [4.78, 5) is 11.9. The zero-order valence-corrected chi connectivity index (χ0v) is 10.7. The molecule has 3 N–H and O–H groups in total. The average molecular weight is 272 g/mol. The van der Waals surface area contributed by atoms with Crippen molar-refractivity contribution < 1.29 is 13.6 Å². The van der Waals surface area contributed by atoms with Gasteiger partial charge in [-0.1, -0.05) is 25.6 Å². The van der Waals surface area contributed by atoms with Gasteiger partial charge in [-0.05, 0) is 18.6 Å². The maximum Gasteiger partial charge on any atom is 0.234 e. The third-order valence-corrected chi connectivity index (χ3v) is 2.71. The van der Waals surface area contributed by atoms with Gasteiger partial charge in [0.25, 0.3) is 0 Å². The van der Waals surface area contributed by atoms with Gasteiger partial charge < -0.3 is 11.1 Å². The zero-order chi connectivity index (χ0) is 13.7. The molecule has 1 amide bonds. The molecule has 1 unspecified atom stereocenters. The minimum absolute atomic E-state index is 0.0944. The Bertz CT molecular complexity index is 465. The van der Waals surface area contributed by atoms with E-state index in [1.165, 1.54) is 6.07 Å². The van der Waals surface area contributed by atoms with Gasteiger partial charge in [-0.15, -0.1) is 0 Å². The van der Waals surface area contributed by atoms with E-state index in [0.717, 1.165) is 18.6 Å². The molecule has 1 atom stereocenters. The van der Waals surface area contributed by atoms with Gasteiger partial charge in [-0.2, -0.15) is 0 Å². The highest BCUT2D eigenvalue weighted by molar-refractivity contribution is 7.80. The molecule has 0 heterocycles. The summed E-state index contributed by atoms with van der Waals surface area (Å²) in [5.74, 6) is -2.99. The molecule has 1 aromatic carbocycles. The Kier molecular flexibility index (Phi) is 5.15. The molecule has 0 aromatic heterocycles. The molecule has 6 heteroatoms. The minimum atomic E-state index is -1.02. The second-order valence-electron chi connectivity index (χ2n) is 3.86. The molecular formula is C12H14F2N2OS. The SMILES string of the molecule is CCCC(C(=O)Nc1ccc(F)c(F)c1)C(N)=S. The van der Waals surface area contributed by atoms with Crippen LogP contribution in [-0.2, 0) is 4.79 Å². The lowest BCUT2D eigenvalue weighted by Gasteiger charge is -2.14. The third kappa shape index (κ3) is 3.73. The topological polar surface area (TPSA) is 55.1 Å². The largest absolute Gasteiger partial charge is 0.393 e. The molecule has 0 aliphatic heterocycles. The minimum Gasteiger partial charge on any atom is -0.393 e. The quantitative estimate of drug-likeness (QED) is 0.810. The lowest BCUT2D eigenvalue weighted by molar-refractivity contribution is -0.118. The predicted molar refractivity (Wildman–Crippen MR) is 70.2 cm³/mol. The Labute approximate surface area is 109 Å². The summed E-state index contributed by atoms with van der Waals surface area (Å²) in [7, 11) is 0. The maximum absolute atomic E-state index is 13.0. The molecule has 0 bridgehead atoms. The monoisotopic (exact) mass is 272 g/mol. The number of hydrogen-bond acceptors (Lipinski definition) is 2. The number of thiocarbonyl (C=S) groups is 1. The number of hydrogen-bond donors (Lipinski definition) is 2. The Hall–Kier alpha value is -1.56. The fourth-order valence-corrected chi connectivity index (χ4v) is 1.72. The molecule has 1 aromatic rings. The Morgan fingerprint density at radius 1 is 1.44 bits per heavy atom. The van der Waals surface area contributed by atoms with Crippen molar-refractivity contribution in [1.82, 2.24) is 0 Å². The highest BCUT2D eigenvalue weighted by atomic mass is 32.1. The molecule has 1 rings (SSSR count). The summed E-state index contributed by atoms with van der Waals surface area (Å²) < 4.78 is 25.7. The van der Waals surface area contributed by atoms with Gasteiger partial charge in [0.15, 0.2) is 11.6 Å². The molecule has 18 heavy (non-hydrogen) atoms. The summed E-state index contributed by atoms with van der Waals surface area (Å²) in [6.07, 6.45) is 1.26. The van der Waals surface area contributed by atoms with Gasteiger partial charge in [-0.25, -0.2) is 8.78 Å². The Morgan fingerprint density at radius 3 is 2.61 bits per heavy atom. The first-order valence-corrected chi connectivity index (χ1v) is 5.91. The van der Waals surface area contributed by atoms with Crippen LogP contribution in [0.3, 0.4) is 0 Å². The summed E-state index contributed by atoms with van der Waals surface area (Å²) in [6, 6.07) is 3.13. The van der Waals surface area contributed by atoms with E-state index in [1.807, 2.05) is 6.92 Å². The van der Waals surface area contributed by atoms with Crippen LogP contribution in [-0.4, -0.2) is 10.9 Å². The van der Waals surface area contributed by atoms with Crippen molar-refractivity contribution in [1.29, 1.82) is 0 Å². The maximum atomic E-state index is 13.0. The van der Waals surface area contributed by atoms with Crippen LogP contribution < -0.4 is 11.1 Å². The fourth-order valence-electron chi connectivity index (χ4n) is 1.49. The van der Waals surface area contributed by atoms with Crippen molar-refractivity contribution in [3.63, 3.8) is 0 Å². The highest BCUT2D eigenvalue weighted by Gasteiger charge is 2.20. The summed E-state index contributed by atoms with van der Waals surface area (Å²) in [5, 5.41) is 2.46. The van der Waals surface area contributed by atoms with Gasteiger partial charge in [0.1, 0.15) is 0 Å². The molecular weight excluding hydrogens is 258 g/mol. The van der Waals surface area contributed by atoms with E-state index < -0.39 is 23.5 Å². The second-order valence-corrected chi connectivity index (χ2v) is 4.33. The van der Waals surface area contributed by atoms with E-state index in [1.54, 1.807) is 0 Å². The lowest BCUT2D eigenvalue weighted by atomic mass is 10.0. The molecule has 0 aliphatic carbocycles. The van der Waals surface area contributed by atoms with E-state index in [9.17, 15) is 13.6 Å². The zero-order valence-electron chi connectivity index (χ0n) is 9.87. The van der Waals surface area contributed by atoms with E-state index in [2.05, 4.69) is 5.32 Å². The van der Waals surface area contributed by atoms with Crippen molar-refractivity contribution in [2.24, 2.45) is 11.7 Å². The number of benzene rings is 1. The summed E-state index contributed by atoms with van der Waals surface area (Å²) in [5.41, 5.74) is 5.64. The molecule has 0 aliphatic rings. The number of carbonyl (C=O) groups excluding carboxylic acids is 1. The third-order valence-electron chi connectivity index (χ3n) is 2.42. The van der Waals surface area contributed by atoms with Crippen LogP contribution in [0.25, 0.3) is 0 Å².